The van der Waals surface area contributed by atoms with Crippen molar-refractivity contribution < 1.29 is 9.72 Å². The zero-order valence-corrected chi connectivity index (χ0v) is 11.8. The van der Waals surface area contributed by atoms with Gasteiger partial charge < -0.3 is 0 Å². The highest BCUT2D eigenvalue weighted by Crippen LogP contribution is 2.31. The van der Waals surface area contributed by atoms with Crippen LogP contribution in [0.3, 0.4) is 0 Å². The highest BCUT2D eigenvalue weighted by atomic mass is 32.2. The second kappa shape index (κ2) is 6.00. The molecule has 1 unspecified atom stereocenters. The van der Waals surface area contributed by atoms with Crippen LogP contribution in [0.4, 0.5) is 5.69 Å². The molecule has 0 N–H and O–H groups in total. The first-order chi connectivity index (χ1) is 8.32. The Kier molecular flexibility index (Phi) is 4.90. The van der Waals surface area contributed by atoms with Gasteiger partial charge in [0.05, 0.1) is 10.5 Å². The van der Waals surface area contributed by atoms with Crippen LogP contribution in [0.1, 0.15) is 38.1 Å². The zero-order valence-electron chi connectivity index (χ0n) is 11.0. The Morgan fingerprint density at radius 2 is 1.94 bits per heavy atom. The predicted molar refractivity (Wildman–Crippen MR) is 73.3 cm³/mol. The van der Waals surface area contributed by atoms with Crippen molar-refractivity contribution >= 4 is 23.2 Å². The Morgan fingerprint density at radius 1 is 1.33 bits per heavy atom. The van der Waals surface area contributed by atoms with E-state index in [4.69, 9.17) is 0 Å². The molecule has 0 saturated carbocycles. The summed E-state index contributed by atoms with van der Waals surface area (Å²) in [4.78, 5) is 22.6. The van der Waals surface area contributed by atoms with Gasteiger partial charge in [-0.05, 0) is 25.0 Å². The van der Waals surface area contributed by atoms with Gasteiger partial charge in [0, 0.05) is 16.2 Å². The molecule has 0 aliphatic rings. The molecule has 1 atom stereocenters. The lowest BCUT2D eigenvalue weighted by Gasteiger charge is -2.14. The number of carbonyl (C=O) groups excluding carboxylic acids is 1. The van der Waals surface area contributed by atoms with Crippen LogP contribution in [0.2, 0.25) is 0 Å². The van der Waals surface area contributed by atoms with Crippen molar-refractivity contribution in [1.82, 2.24) is 0 Å². The molecule has 1 aromatic carbocycles. The Balaban J connectivity index is 3.08. The summed E-state index contributed by atoms with van der Waals surface area (Å²) in [5.74, 6) is 0.205. The summed E-state index contributed by atoms with van der Waals surface area (Å²) in [7, 11) is 0. The average molecular weight is 267 g/mol. The number of nitrogens with zero attached hydrogens (tertiary/aromatic N) is 1. The Labute approximate surface area is 111 Å². The van der Waals surface area contributed by atoms with Crippen molar-refractivity contribution in [3.8, 4) is 0 Å². The van der Waals surface area contributed by atoms with E-state index in [-0.39, 0.29) is 17.0 Å². The molecule has 1 aromatic rings. The maximum absolute atomic E-state index is 11.3. The summed E-state index contributed by atoms with van der Waals surface area (Å²) in [6.45, 7) is 7.64. The largest absolute Gasteiger partial charge is 0.294 e. The summed E-state index contributed by atoms with van der Waals surface area (Å²) in [5, 5.41) is 11.3. The Morgan fingerprint density at radius 3 is 2.39 bits per heavy atom. The molecule has 0 bridgehead atoms. The van der Waals surface area contributed by atoms with E-state index in [2.05, 4.69) is 20.8 Å². The topological polar surface area (TPSA) is 60.2 Å². The smallest absolute Gasteiger partial charge is 0.281 e. The summed E-state index contributed by atoms with van der Waals surface area (Å²) >= 11 is 1.59. The number of nitro benzene ring substituents is 1. The van der Waals surface area contributed by atoms with Crippen molar-refractivity contribution in [3.63, 3.8) is 0 Å². The third kappa shape index (κ3) is 3.57. The molecule has 0 saturated heterocycles. The van der Waals surface area contributed by atoms with E-state index in [9.17, 15) is 14.9 Å². The van der Waals surface area contributed by atoms with Crippen LogP contribution in [0.15, 0.2) is 23.1 Å². The van der Waals surface area contributed by atoms with Gasteiger partial charge in [-0.15, -0.1) is 11.8 Å². The minimum absolute atomic E-state index is 0.108. The lowest BCUT2D eigenvalue weighted by Crippen LogP contribution is -2.06. The molecule has 0 aromatic heterocycles. The van der Waals surface area contributed by atoms with Gasteiger partial charge in [-0.2, -0.15) is 0 Å². The molecule has 0 radical (unpaired) electrons. The zero-order chi connectivity index (χ0) is 13.9. The van der Waals surface area contributed by atoms with Crippen molar-refractivity contribution in [2.24, 2.45) is 5.92 Å². The molecule has 98 valence electrons. The van der Waals surface area contributed by atoms with Crippen LogP contribution in [0.5, 0.6) is 0 Å². The second-order valence-corrected chi connectivity index (χ2v) is 6.01. The molecule has 0 heterocycles. The fourth-order valence-electron chi connectivity index (χ4n) is 1.38. The summed E-state index contributed by atoms with van der Waals surface area (Å²) < 4.78 is 0. The number of carbonyl (C=O) groups is 1. The van der Waals surface area contributed by atoms with Crippen LogP contribution >= 0.6 is 11.8 Å². The second-order valence-electron chi connectivity index (χ2n) is 4.56. The normalized spacial score (nSPS) is 12.5. The highest BCUT2D eigenvalue weighted by molar-refractivity contribution is 8.00. The van der Waals surface area contributed by atoms with E-state index in [1.165, 1.54) is 19.1 Å². The molecular weight excluding hydrogens is 250 g/mol. The van der Waals surface area contributed by atoms with Gasteiger partial charge in [-0.1, -0.05) is 20.8 Å². The maximum Gasteiger partial charge on any atom is 0.281 e. The maximum atomic E-state index is 11.3. The third-order valence-electron chi connectivity index (χ3n) is 2.81. The van der Waals surface area contributed by atoms with E-state index in [1.54, 1.807) is 17.8 Å². The first-order valence-corrected chi connectivity index (χ1v) is 6.67. The molecular formula is C13H17NO3S. The summed E-state index contributed by atoms with van der Waals surface area (Å²) in [6, 6.07) is 4.80. The minimum Gasteiger partial charge on any atom is -0.294 e. The lowest BCUT2D eigenvalue weighted by atomic mass is 10.1. The molecule has 0 aliphatic carbocycles. The van der Waals surface area contributed by atoms with Gasteiger partial charge in [0.2, 0.25) is 0 Å². The predicted octanol–water partition coefficient (Wildman–Crippen LogP) is 3.93. The van der Waals surface area contributed by atoms with E-state index in [0.717, 1.165) is 4.90 Å². The third-order valence-corrected chi connectivity index (χ3v) is 4.25. The number of thioether (sulfide) groups is 1. The minimum atomic E-state index is -0.499. The number of hydrogen-bond acceptors (Lipinski definition) is 4. The Hall–Kier alpha value is -1.36. The van der Waals surface area contributed by atoms with Gasteiger partial charge in [0.15, 0.2) is 5.78 Å². The van der Waals surface area contributed by atoms with Gasteiger partial charge in [-0.3, -0.25) is 14.9 Å². The summed E-state index contributed by atoms with van der Waals surface area (Å²) in [6.07, 6.45) is 0. The van der Waals surface area contributed by atoms with Gasteiger partial charge in [-0.25, -0.2) is 0 Å². The average Bonchev–Trinajstić information content (AvgIpc) is 2.28. The lowest BCUT2D eigenvalue weighted by molar-refractivity contribution is -0.385. The molecule has 0 fully saturated rings. The number of benzene rings is 1. The molecule has 1 rings (SSSR count). The monoisotopic (exact) mass is 267 g/mol. The van der Waals surface area contributed by atoms with Crippen LogP contribution in [0.25, 0.3) is 0 Å². The van der Waals surface area contributed by atoms with Crippen LogP contribution < -0.4 is 0 Å². The number of Topliss-reactive ketones (excluding diaryl/α,β-unsaturated/α-hetero) is 1. The number of rotatable bonds is 5. The van der Waals surface area contributed by atoms with E-state index in [1.807, 2.05) is 0 Å². The van der Waals surface area contributed by atoms with Crippen LogP contribution in [0, 0.1) is 16.0 Å². The van der Waals surface area contributed by atoms with Gasteiger partial charge >= 0.3 is 0 Å². The Bertz CT molecular complexity index is 471. The van der Waals surface area contributed by atoms with Crippen molar-refractivity contribution in [3.05, 3.63) is 33.9 Å². The van der Waals surface area contributed by atoms with Crippen molar-refractivity contribution in [2.75, 3.05) is 0 Å². The fourth-order valence-corrected chi connectivity index (χ4v) is 2.41. The van der Waals surface area contributed by atoms with Crippen LogP contribution in [-0.4, -0.2) is 16.0 Å². The van der Waals surface area contributed by atoms with E-state index in [0.29, 0.717) is 11.2 Å². The quantitative estimate of drug-likeness (QED) is 0.351. The first kappa shape index (κ1) is 14.7. The summed E-state index contributed by atoms with van der Waals surface area (Å²) in [5.41, 5.74) is 0.0602. The van der Waals surface area contributed by atoms with Crippen molar-refractivity contribution in [2.45, 2.75) is 37.8 Å². The van der Waals surface area contributed by atoms with Crippen LogP contribution in [-0.2, 0) is 0 Å². The molecule has 18 heavy (non-hydrogen) atoms. The number of nitro groups is 1. The first-order valence-electron chi connectivity index (χ1n) is 5.79. The molecule has 5 heteroatoms. The fraction of sp³-hybridized carbons (Fsp3) is 0.462. The molecule has 0 amide bonds. The van der Waals surface area contributed by atoms with Gasteiger partial charge in [0.25, 0.3) is 5.69 Å². The molecule has 4 nitrogen and oxygen atoms in total. The highest BCUT2D eigenvalue weighted by Gasteiger charge is 2.19. The van der Waals surface area contributed by atoms with Gasteiger partial charge in [0.1, 0.15) is 0 Å². The number of hydrogen-bond donors (Lipinski definition) is 0. The molecule has 0 spiro atoms. The molecule has 0 aliphatic heterocycles. The number of ketones is 1. The van der Waals surface area contributed by atoms with Crippen molar-refractivity contribution in [1.29, 1.82) is 0 Å². The SMILES string of the molecule is CC(=O)c1ccc(SC(C)C(C)C)cc1[N+](=O)[O-]. The van der Waals surface area contributed by atoms with E-state index < -0.39 is 4.92 Å². The standard InChI is InChI=1S/C13H17NO3S/c1-8(2)10(4)18-11-5-6-12(9(3)15)13(7-11)14(16)17/h5-8,10H,1-4H3. The van der Waals surface area contributed by atoms with E-state index >= 15 is 0 Å².